The molecule has 0 aliphatic carbocycles. The number of carbonyl (C=O) groups excluding carboxylic acids is 2. The number of aromatic nitrogens is 2. The van der Waals surface area contributed by atoms with Gasteiger partial charge in [-0.2, -0.15) is 13.2 Å². The maximum Gasteiger partial charge on any atom is 0.433 e. The maximum absolute atomic E-state index is 12.7. The van der Waals surface area contributed by atoms with Gasteiger partial charge in [-0.1, -0.05) is 11.6 Å². The van der Waals surface area contributed by atoms with Crippen LogP contribution in [0.15, 0.2) is 6.07 Å². The highest BCUT2D eigenvalue weighted by Crippen LogP contribution is 2.31. The number of anilines is 1. The van der Waals surface area contributed by atoms with Crippen LogP contribution in [0.1, 0.15) is 12.1 Å². The van der Waals surface area contributed by atoms with Gasteiger partial charge in [-0.3, -0.25) is 14.5 Å². The Hall–Kier alpha value is -1.90. The minimum absolute atomic E-state index is 0.150. The van der Waals surface area contributed by atoms with Crippen molar-refractivity contribution < 1.29 is 27.5 Å². The number of rotatable bonds is 2. The van der Waals surface area contributed by atoms with Crippen LogP contribution in [0.2, 0.25) is 5.15 Å². The highest BCUT2D eigenvalue weighted by Gasteiger charge is 2.39. The van der Waals surface area contributed by atoms with Crippen LogP contribution in [-0.2, 0) is 20.5 Å². The fraction of sp³-hybridized carbons (Fsp3) is 0.455. The van der Waals surface area contributed by atoms with E-state index in [-0.39, 0.29) is 13.0 Å². The minimum atomic E-state index is -4.72. The van der Waals surface area contributed by atoms with E-state index in [4.69, 9.17) is 11.6 Å². The number of hydrogen-bond donors (Lipinski definition) is 0. The van der Waals surface area contributed by atoms with Crippen molar-refractivity contribution in [2.75, 3.05) is 18.6 Å². The fourth-order valence-corrected chi connectivity index (χ4v) is 2.08. The predicted octanol–water partition coefficient (Wildman–Crippen LogP) is 1.67. The minimum Gasteiger partial charge on any atom is -0.469 e. The second-order valence-electron chi connectivity index (χ2n) is 4.30. The molecule has 0 aromatic carbocycles. The number of alkyl halides is 3. The Bertz CT molecular complexity index is 594. The lowest BCUT2D eigenvalue weighted by Crippen LogP contribution is -2.29. The molecule has 0 N–H and O–H groups in total. The highest BCUT2D eigenvalue weighted by molar-refractivity contribution is 6.29. The largest absolute Gasteiger partial charge is 0.469 e. The lowest BCUT2D eigenvalue weighted by atomic mass is 10.1. The van der Waals surface area contributed by atoms with Crippen molar-refractivity contribution in [3.8, 4) is 0 Å². The van der Waals surface area contributed by atoms with Crippen molar-refractivity contribution >= 4 is 29.4 Å². The van der Waals surface area contributed by atoms with E-state index in [0.29, 0.717) is 6.07 Å². The molecule has 10 heteroatoms. The molecular formula is C11H9ClF3N3O3. The summed E-state index contributed by atoms with van der Waals surface area (Å²) < 4.78 is 42.5. The Kier molecular flexibility index (Phi) is 4.04. The van der Waals surface area contributed by atoms with Gasteiger partial charge in [-0.05, 0) is 0 Å². The van der Waals surface area contributed by atoms with Gasteiger partial charge in [0.2, 0.25) is 11.9 Å². The summed E-state index contributed by atoms with van der Waals surface area (Å²) in [5, 5.41) is -0.443. The van der Waals surface area contributed by atoms with E-state index in [9.17, 15) is 22.8 Å². The molecule has 1 atom stereocenters. The van der Waals surface area contributed by atoms with Crippen molar-refractivity contribution in [2.24, 2.45) is 5.92 Å². The van der Waals surface area contributed by atoms with Crippen molar-refractivity contribution in [3.63, 3.8) is 0 Å². The average Bonchev–Trinajstić information content (AvgIpc) is 2.78. The first-order chi connectivity index (χ1) is 9.72. The van der Waals surface area contributed by atoms with Gasteiger partial charge in [0.25, 0.3) is 0 Å². The number of methoxy groups -OCH3 is 1. The van der Waals surface area contributed by atoms with Crippen molar-refractivity contribution in [2.45, 2.75) is 12.6 Å². The first kappa shape index (κ1) is 15.5. The molecule has 0 radical (unpaired) electrons. The molecule has 1 aromatic heterocycles. The van der Waals surface area contributed by atoms with Gasteiger partial charge in [0.05, 0.1) is 13.0 Å². The van der Waals surface area contributed by atoms with E-state index >= 15 is 0 Å². The lowest BCUT2D eigenvalue weighted by molar-refractivity contribution is -0.145. The molecule has 0 spiro atoms. The van der Waals surface area contributed by atoms with E-state index < -0.39 is 40.8 Å². The van der Waals surface area contributed by atoms with Gasteiger partial charge < -0.3 is 4.74 Å². The summed E-state index contributed by atoms with van der Waals surface area (Å²) in [5.74, 6) is -2.43. The van der Waals surface area contributed by atoms with Crippen LogP contribution in [0, 0.1) is 5.92 Å². The molecule has 114 valence electrons. The number of amides is 1. The topological polar surface area (TPSA) is 72.4 Å². The molecular weight excluding hydrogens is 315 g/mol. The molecule has 1 amide bonds. The molecule has 1 aliphatic rings. The Morgan fingerprint density at radius 2 is 2.14 bits per heavy atom. The molecule has 0 bridgehead atoms. The third-order valence-corrected chi connectivity index (χ3v) is 3.07. The zero-order valence-corrected chi connectivity index (χ0v) is 11.4. The molecule has 2 rings (SSSR count). The molecule has 1 unspecified atom stereocenters. The molecule has 0 saturated carbocycles. The Morgan fingerprint density at radius 3 is 2.71 bits per heavy atom. The van der Waals surface area contributed by atoms with Crippen LogP contribution in [0.3, 0.4) is 0 Å². The standard InChI is InChI=1S/C11H9ClF3N3O3/c1-21-9(20)5-2-8(19)18(4-5)10-16-6(11(13,14)15)3-7(12)17-10/h3,5H,2,4H2,1H3. The van der Waals surface area contributed by atoms with Gasteiger partial charge >= 0.3 is 12.1 Å². The van der Waals surface area contributed by atoms with Gasteiger partial charge in [-0.25, -0.2) is 9.97 Å². The Balaban J connectivity index is 2.32. The SMILES string of the molecule is COC(=O)C1CC(=O)N(c2nc(Cl)cc(C(F)(F)F)n2)C1. The van der Waals surface area contributed by atoms with Crippen LogP contribution in [0.5, 0.6) is 0 Å². The fourth-order valence-electron chi connectivity index (χ4n) is 1.90. The first-order valence-electron chi connectivity index (χ1n) is 5.72. The van der Waals surface area contributed by atoms with E-state index in [2.05, 4.69) is 14.7 Å². The number of esters is 1. The number of carbonyl (C=O) groups is 2. The van der Waals surface area contributed by atoms with Crippen molar-refractivity contribution in [3.05, 3.63) is 16.9 Å². The lowest BCUT2D eigenvalue weighted by Gasteiger charge is -2.16. The van der Waals surface area contributed by atoms with E-state index in [0.717, 1.165) is 12.0 Å². The Morgan fingerprint density at radius 1 is 1.48 bits per heavy atom. The highest BCUT2D eigenvalue weighted by atomic mass is 35.5. The van der Waals surface area contributed by atoms with Crippen molar-refractivity contribution in [1.82, 2.24) is 9.97 Å². The third-order valence-electron chi connectivity index (χ3n) is 2.87. The monoisotopic (exact) mass is 323 g/mol. The molecule has 1 aromatic rings. The number of nitrogens with zero attached hydrogens (tertiary/aromatic N) is 3. The molecule has 1 saturated heterocycles. The van der Waals surface area contributed by atoms with Gasteiger partial charge in [0, 0.05) is 19.0 Å². The zero-order valence-electron chi connectivity index (χ0n) is 10.6. The van der Waals surface area contributed by atoms with Gasteiger partial charge in [-0.15, -0.1) is 0 Å². The average molecular weight is 324 g/mol. The molecule has 1 aliphatic heterocycles. The normalized spacial score (nSPS) is 19.0. The quantitative estimate of drug-likeness (QED) is 0.611. The second-order valence-corrected chi connectivity index (χ2v) is 4.69. The zero-order chi connectivity index (χ0) is 15.8. The summed E-state index contributed by atoms with van der Waals surface area (Å²) in [6.07, 6.45) is -4.89. The van der Waals surface area contributed by atoms with Crippen molar-refractivity contribution in [1.29, 1.82) is 0 Å². The van der Waals surface area contributed by atoms with E-state index in [1.807, 2.05) is 0 Å². The van der Waals surface area contributed by atoms with Crippen LogP contribution in [0.25, 0.3) is 0 Å². The van der Waals surface area contributed by atoms with Gasteiger partial charge in [0.15, 0.2) is 5.69 Å². The molecule has 1 fully saturated rings. The summed E-state index contributed by atoms with van der Waals surface area (Å²) in [5.41, 5.74) is -1.26. The van der Waals surface area contributed by atoms with Crippen LogP contribution >= 0.6 is 11.6 Å². The molecule has 6 nitrogen and oxygen atoms in total. The smallest absolute Gasteiger partial charge is 0.433 e. The van der Waals surface area contributed by atoms with Crippen LogP contribution in [0.4, 0.5) is 19.1 Å². The summed E-state index contributed by atoms with van der Waals surface area (Å²) in [7, 11) is 1.16. The van der Waals surface area contributed by atoms with E-state index in [1.54, 1.807) is 0 Å². The first-order valence-corrected chi connectivity index (χ1v) is 6.10. The number of ether oxygens (including phenoxy) is 1. The molecule has 21 heavy (non-hydrogen) atoms. The van der Waals surface area contributed by atoms with Crippen LogP contribution in [-0.4, -0.2) is 35.5 Å². The number of halogens is 4. The summed E-state index contributed by atoms with van der Waals surface area (Å²) in [4.78, 5) is 31.0. The summed E-state index contributed by atoms with van der Waals surface area (Å²) in [6, 6.07) is 0.559. The summed E-state index contributed by atoms with van der Waals surface area (Å²) >= 11 is 5.53. The Labute approximate surface area is 121 Å². The van der Waals surface area contributed by atoms with Gasteiger partial charge in [0.1, 0.15) is 5.15 Å². The molecule has 2 heterocycles. The second kappa shape index (κ2) is 5.47. The van der Waals surface area contributed by atoms with Crippen LogP contribution < -0.4 is 4.90 Å². The third kappa shape index (κ3) is 3.23. The predicted molar refractivity (Wildman–Crippen MR) is 64.5 cm³/mol. The number of hydrogen-bond acceptors (Lipinski definition) is 5. The maximum atomic E-state index is 12.7. The summed E-state index contributed by atoms with van der Waals surface area (Å²) in [6.45, 7) is -0.150. The van der Waals surface area contributed by atoms with E-state index in [1.165, 1.54) is 0 Å².